The molecule has 2 heterocycles. The average molecular weight is 254 g/mol. The highest BCUT2D eigenvalue weighted by Crippen LogP contribution is 2.25. The van der Waals surface area contributed by atoms with Crippen molar-refractivity contribution in [3.05, 3.63) is 0 Å². The van der Waals surface area contributed by atoms with Gasteiger partial charge in [-0.15, -0.1) is 0 Å². The van der Waals surface area contributed by atoms with Gasteiger partial charge in [-0.3, -0.25) is 4.79 Å². The van der Waals surface area contributed by atoms with Crippen molar-refractivity contribution < 1.29 is 14.7 Å². The van der Waals surface area contributed by atoms with Gasteiger partial charge in [-0.25, -0.2) is 4.79 Å². The highest BCUT2D eigenvalue weighted by molar-refractivity contribution is 5.77. The van der Waals surface area contributed by atoms with Gasteiger partial charge < -0.3 is 14.9 Å². The Morgan fingerprint density at radius 1 is 1.22 bits per heavy atom. The minimum atomic E-state index is -0.782. The van der Waals surface area contributed by atoms with Crippen LogP contribution in [0, 0.1) is 11.8 Å². The fourth-order valence-corrected chi connectivity index (χ4v) is 3.10. The number of aliphatic carboxylic acids is 1. The molecule has 5 nitrogen and oxygen atoms in total. The first-order chi connectivity index (χ1) is 8.49. The summed E-state index contributed by atoms with van der Waals surface area (Å²) in [5.74, 6) is -0.627. The monoisotopic (exact) mass is 254 g/mol. The summed E-state index contributed by atoms with van der Waals surface area (Å²) in [4.78, 5) is 27.0. The van der Waals surface area contributed by atoms with E-state index in [-0.39, 0.29) is 12.1 Å². The maximum atomic E-state index is 12.4. The first-order valence-electron chi connectivity index (χ1n) is 6.77. The summed E-state index contributed by atoms with van der Waals surface area (Å²) in [5, 5.41) is 9.05. The summed E-state index contributed by atoms with van der Waals surface area (Å²) < 4.78 is 0. The predicted octanol–water partition coefficient (Wildman–Crippen LogP) is 1.63. The zero-order valence-electron chi connectivity index (χ0n) is 11.1. The molecule has 3 atom stereocenters. The number of carbonyl (C=O) groups is 2. The lowest BCUT2D eigenvalue weighted by atomic mass is 9.98. The number of nitrogens with zero attached hydrogens (tertiary/aromatic N) is 2. The number of amides is 2. The lowest BCUT2D eigenvalue weighted by Gasteiger charge is -2.35. The molecule has 18 heavy (non-hydrogen) atoms. The molecule has 0 aliphatic carbocycles. The van der Waals surface area contributed by atoms with E-state index in [2.05, 4.69) is 13.8 Å². The molecule has 2 rings (SSSR count). The van der Waals surface area contributed by atoms with Gasteiger partial charge in [-0.2, -0.15) is 0 Å². The first kappa shape index (κ1) is 13.2. The fraction of sp³-hybridized carbons (Fsp3) is 0.846. The van der Waals surface area contributed by atoms with Gasteiger partial charge in [-0.05, 0) is 32.1 Å². The highest BCUT2D eigenvalue weighted by Gasteiger charge is 2.35. The summed E-state index contributed by atoms with van der Waals surface area (Å²) in [6.07, 6.45) is 2.52. The van der Waals surface area contributed by atoms with Gasteiger partial charge in [-0.1, -0.05) is 6.92 Å². The van der Waals surface area contributed by atoms with Crippen LogP contribution in [-0.2, 0) is 4.79 Å². The summed E-state index contributed by atoms with van der Waals surface area (Å²) >= 11 is 0. The Kier molecular flexibility index (Phi) is 3.78. The molecule has 102 valence electrons. The molecule has 0 aromatic rings. The van der Waals surface area contributed by atoms with Crippen LogP contribution in [0.15, 0.2) is 0 Å². The normalized spacial score (nSPS) is 32.7. The molecule has 2 fully saturated rings. The van der Waals surface area contributed by atoms with Crippen molar-refractivity contribution in [3.8, 4) is 0 Å². The van der Waals surface area contributed by atoms with Crippen molar-refractivity contribution in [2.24, 2.45) is 11.8 Å². The number of likely N-dealkylation sites (tertiary alicyclic amines) is 2. The maximum absolute atomic E-state index is 12.4. The largest absolute Gasteiger partial charge is 0.481 e. The number of carboxylic acids is 1. The van der Waals surface area contributed by atoms with Crippen LogP contribution < -0.4 is 0 Å². The number of hydrogen-bond acceptors (Lipinski definition) is 2. The summed E-state index contributed by atoms with van der Waals surface area (Å²) in [6.45, 7) is 6.08. The molecule has 2 aliphatic rings. The van der Waals surface area contributed by atoms with Crippen LogP contribution in [0.5, 0.6) is 0 Å². The van der Waals surface area contributed by atoms with Gasteiger partial charge in [0, 0.05) is 25.7 Å². The van der Waals surface area contributed by atoms with E-state index in [4.69, 9.17) is 5.11 Å². The third kappa shape index (κ3) is 2.60. The number of carbonyl (C=O) groups excluding carboxylic acids is 1. The van der Waals surface area contributed by atoms with E-state index in [0.29, 0.717) is 25.4 Å². The second kappa shape index (κ2) is 5.16. The standard InChI is InChI=1S/C13H22N2O3/c1-9-6-10(2)15(7-9)13(18)14-5-3-4-11(8-14)12(16)17/h9-11H,3-8H2,1-2H3,(H,16,17). The van der Waals surface area contributed by atoms with Crippen LogP contribution in [0.2, 0.25) is 0 Å². The SMILES string of the molecule is CC1CC(C)N(C(=O)N2CCCC(C(=O)O)C2)C1. The number of piperidine rings is 1. The molecule has 0 aromatic heterocycles. The van der Waals surface area contributed by atoms with E-state index < -0.39 is 11.9 Å². The number of urea groups is 1. The first-order valence-corrected chi connectivity index (χ1v) is 6.77. The van der Waals surface area contributed by atoms with Crippen molar-refractivity contribution in [3.63, 3.8) is 0 Å². The van der Waals surface area contributed by atoms with Crippen LogP contribution in [0.4, 0.5) is 4.79 Å². The molecule has 0 bridgehead atoms. The van der Waals surface area contributed by atoms with Crippen LogP contribution in [-0.4, -0.2) is 52.6 Å². The zero-order chi connectivity index (χ0) is 13.3. The quantitative estimate of drug-likeness (QED) is 0.773. The van der Waals surface area contributed by atoms with Gasteiger partial charge in [0.05, 0.1) is 5.92 Å². The van der Waals surface area contributed by atoms with Crippen molar-refractivity contribution in [2.75, 3.05) is 19.6 Å². The van der Waals surface area contributed by atoms with Gasteiger partial charge >= 0.3 is 12.0 Å². The molecule has 2 aliphatic heterocycles. The molecular formula is C13H22N2O3. The van der Waals surface area contributed by atoms with E-state index >= 15 is 0 Å². The molecule has 5 heteroatoms. The van der Waals surface area contributed by atoms with Crippen LogP contribution >= 0.6 is 0 Å². The Morgan fingerprint density at radius 3 is 2.50 bits per heavy atom. The third-order valence-corrected chi connectivity index (χ3v) is 4.07. The van der Waals surface area contributed by atoms with E-state index in [1.165, 1.54) is 0 Å². The van der Waals surface area contributed by atoms with Crippen molar-refractivity contribution in [1.29, 1.82) is 0 Å². The number of hydrogen-bond donors (Lipinski definition) is 1. The molecule has 0 radical (unpaired) electrons. The molecule has 0 spiro atoms. The minimum Gasteiger partial charge on any atom is -0.481 e. The van der Waals surface area contributed by atoms with Gasteiger partial charge in [0.15, 0.2) is 0 Å². The number of rotatable bonds is 1. The Labute approximate surface area is 108 Å². The van der Waals surface area contributed by atoms with Crippen LogP contribution in [0.3, 0.4) is 0 Å². The molecule has 0 aromatic carbocycles. The zero-order valence-corrected chi connectivity index (χ0v) is 11.1. The van der Waals surface area contributed by atoms with E-state index in [0.717, 1.165) is 19.4 Å². The predicted molar refractivity (Wildman–Crippen MR) is 67.3 cm³/mol. The van der Waals surface area contributed by atoms with Crippen molar-refractivity contribution >= 4 is 12.0 Å². The van der Waals surface area contributed by atoms with Gasteiger partial charge in [0.2, 0.25) is 0 Å². The molecule has 0 saturated carbocycles. The Morgan fingerprint density at radius 2 is 1.94 bits per heavy atom. The molecule has 1 N–H and O–H groups in total. The Hall–Kier alpha value is -1.26. The van der Waals surface area contributed by atoms with E-state index in [1.54, 1.807) is 4.90 Å². The molecule has 2 amide bonds. The summed E-state index contributed by atoms with van der Waals surface area (Å²) in [7, 11) is 0. The van der Waals surface area contributed by atoms with Crippen molar-refractivity contribution in [1.82, 2.24) is 9.80 Å². The van der Waals surface area contributed by atoms with Gasteiger partial charge in [0.1, 0.15) is 0 Å². The average Bonchev–Trinajstić information content (AvgIpc) is 2.67. The van der Waals surface area contributed by atoms with Crippen LogP contribution in [0.25, 0.3) is 0 Å². The van der Waals surface area contributed by atoms with Crippen molar-refractivity contribution in [2.45, 2.75) is 39.2 Å². The molecule has 2 saturated heterocycles. The van der Waals surface area contributed by atoms with E-state index in [9.17, 15) is 9.59 Å². The third-order valence-electron chi connectivity index (χ3n) is 4.07. The number of carboxylic acid groups (broad SMARTS) is 1. The topological polar surface area (TPSA) is 60.9 Å². The second-order valence-electron chi connectivity index (χ2n) is 5.75. The summed E-state index contributed by atoms with van der Waals surface area (Å²) in [6, 6.07) is 0.301. The lowest BCUT2D eigenvalue weighted by molar-refractivity contribution is -0.143. The second-order valence-corrected chi connectivity index (χ2v) is 5.75. The highest BCUT2D eigenvalue weighted by atomic mass is 16.4. The smallest absolute Gasteiger partial charge is 0.320 e. The molecular weight excluding hydrogens is 232 g/mol. The summed E-state index contributed by atoms with van der Waals surface area (Å²) in [5.41, 5.74) is 0. The minimum absolute atomic E-state index is 0.0257. The Balaban J connectivity index is 1.98. The maximum Gasteiger partial charge on any atom is 0.320 e. The van der Waals surface area contributed by atoms with Gasteiger partial charge in [0.25, 0.3) is 0 Å². The Bertz CT molecular complexity index is 345. The van der Waals surface area contributed by atoms with E-state index in [1.807, 2.05) is 4.90 Å². The lowest BCUT2D eigenvalue weighted by Crippen LogP contribution is -2.49. The van der Waals surface area contributed by atoms with Crippen LogP contribution in [0.1, 0.15) is 33.1 Å². The fourth-order valence-electron chi connectivity index (χ4n) is 3.10. The molecule has 3 unspecified atom stereocenters.